The van der Waals surface area contributed by atoms with Crippen molar-refractivity contribution in [3.8, 4) is 0 Å². The van der Waals surface area contributed by atoms with Gasteiger partial charge < -0.3 is 9.68 Å². The molecule has 0 spiro atoms. The molecular weight excluding hydrogens is 307 g/mol. The number of aryl methyl sites for hydroxylation is 1. The van der Waals surface area contributed by atoms with Gasteiger partial charge >= 0.3 is 0 Å². The highest BCUT2D eigenvalue weighted by molar-refractivity contribution is 6.00. The van der Waals surface area contributed by atoms with E-state index in [4.69, 9.17) is 9.68 Å². The lowest BCUT2D eigenvalue weighted by atomic mass is 10.00. The van der Waals surface area contributed by atoms with Crippen LogP contribution in [0, 0.1) is 12.7 Å². The van der Waals surface area contributed by atoms with Gasteiger partial charge in [-0.15, -0.1) is 0 Å². The van der Waals surface area contributed by atoms with Crippen LogP contribution in [0.4, 0.5) is 4.39 Å². The molecule has 0 heterocycles. The number of oxime groups is 2. The highest BCUT2D eigenvalue weighted by atomic mass is 19.1. The Balaban J connectivity index is 2.19. The number of halogens is 1. The largest absolute Gasteiger partial charge is 0.399 e. The zero-order valence-electron chi connectivity index (χ0n) is 14.3. The fourth-order valence-electron chi connectivity index (χ4n) is 2.42. The van der Waals surface area contributed by atoms with Crippen LogP contribution in [0.3, 0.4) is 0 Å². The molecule has 0 unspecified atom stereocenters. The van der Waals surface area contributed by atoms with Crippen molar-refractivity contribution in [2.45, 2.75) is 27.4 Å². The van der Waals surface area contributed by atoms with Crippen molar-refractivity contribution in [2.24, 2.45) is 10.3 Å². The number of hydrogen-bond donors (Lipinski definition) is 0. The summed E-state index contributed by atoms with van der Waals surface area (Å²) in [6.45, 7) is 5.85. The van der Waals surface area contributed by atoms with Crippen molar-refractivity contribution >= 4 is 11.4 Å². The maximum absolute atomic E-state index is 13.7. The van der Waals surface area contributed by atoms with Gasteiger partial charge in [0.25, 0.3) is 0 Å². The molecule has 0 saturated heterocycles. The quantitative estimate of drug-likeness (QED) is 0.581. The topological polar surface area (TPSA) is 43.2 Å². The lowest BCUT2D eigenvalue weighted by Gasteiger charge is -2.11. The molecule has 0 fully saturated rings. The number of rotatable bonds is 6. The second kappa shape index (κ2) is 8.24. The van der Waals surface area contributed by atoms with Crippen molar-refractivity contribution < 1.29 is 14.1 Å². The summed E-state index contributed by atoms with van der Waals surface area (Å²) in [5.41, 5.74) is 4.66. The maximum atomic E-state index is 13.7. The van der Waals surface area contributed by atoms with Crippen molar-refractivity contribution in [1.29, 1.82) is 0 Å². The van der Waals surface area contributed by atoms with Gasteiger partial charge in [-0.1, -0.05) is 46.7 Å². The normalized spacial score (nSPS) is 12.2. The maximum Gasteiger partial charge on any atom is 0.143 e. The lowest BCUT2D eigenvalue weighted by molar-refractivity contribution is 0.130. The average Bonchev–Trinajstić information content (AvgIpc) is 2.56. The van der Waals surface area contributed by atoms with Gasteiger partial charge in [0.1, 0.15) is 19.5 Å². The van der Waals surface area contributed by atoms with Gasteiger partial charge in [0, 0.05) is 16.7 Å². The molecule has 0 aliphatic rings. The summed E-state index contributed by atoms with van der Waals surface area (Å²) < 4.78 is 13.7. The van der Waals surface area contributed by atoms with E-state index in [1.165, 1.54) is 13.2 Å². The summed E-state index contributed by atoms with van der Waals surface area (Å²) in [5, 5.41) is 8.02. The van der Waals surface area contributed by atoms with Gasteiger partial charge in [-0.25, -0.2) is 4.39 Å². The van der Waals surface area contributed by atoms with E-state index < -0.39 is 0 Å². The first kappa shape index (κ1) is 17.7. The average molecular weight is 328 g/mol. The molecule has 126 valence electrons. The molecule has 0 atom stereocenters. The van der Waals surface area contributed by atoms with Crippen molar-refractivity contribution in [2.75, 3.05) is 7.11 Å². The van der Waals surface area contributed by atoms with Crippen LogP contribution in [0.1, 0.15) is 36.1 Å². The lowest BCUT2D eigenvalue weighted by Crippen LogP contribution is -2.05. The fraction of sp³-hybridized carbons (Fsp3) is 0.263. The molecule has 0 amide bonds. The summed E-state index contributed by atoms with van der Waals surface area (Å²) in [7, 11) is 1.51. The summed E-state index contributed by atoms with van der Waals surface area (Å²) >= 11 is 0. The molecule has 0 N–H and O–H groups in total. The Labute approximate surface area is 141 Å². The van der Waals surface area contributed by atoms with Crippen LogP contribution >= 0.6 is 0 Å². The fourth-order valence-corrected chi connectivity index (χ4v) is 2.42. The van der Waals surface area contributed by atoms with Gasteiger partial charge in [-0.2, -0.15) is 0 Å². The van der Waals surface area contributed by atoms with E-state index in [2.05, 4.69) is 10.3 Å². The molecule has 2 rings (SSSR count). The Hall–Kier alpha value is -2.69. The number of benzene rings is 2. The van der Waals surface area contributed by atoms with Gasteiger partial charge in [-0.05, 0) is 32.4 Å². The predicted octanol–water partition coefficient (Wildman–Crippen LogP) is 4.45. The third kappa shape index (κ3) is 4.19. The monoisotopic (exact) mass is 328 g/mol. The Bertz CT molecular complexity index is 770. The number of hydrogen-bond acceptors (Lipinski definition) is 4. The third-order valence-corrected chi connectivity index (χ3v) is 3.70. The van der Waals surface area contributed by atoms with Crippen molar-refractivity contribution in [3.63, 3.8) is 0 Å². The molecule has 0 aliphatic heterocycles. The second-order valence-corrected chi connectivity index (χ2v) is 5.39. The van der Waals surface area contributed by atoms with E-state index in [0.29, 0.717) is 11.3 Å². The minimum absolute atomic E-state index is 0.268. The van der Waals surface area contributed by atoms with E-state index >= 15 is 0 Å². The zero-order chi connectivity index (χ0) is 17.5. The first-order valence-corrected chi connectivity index (χ1v) is 7.62. The molecule has 0 radical (unpaired) electrons. The van der Waals surface area contributed by atoms with Crippen LogP contribution in [-0.2, 0) is 16.3 Å². The Morgan fingerprint density at radius 2 is 1.62 bits per heavy atom. The van der Waals surface area contributed by atoms with E-state index in [9.17, 15) is 4.39 Å². The molecule has 24 heavy (non-hydrogen) atoms. The third-order valence-electron chi connectivity index (χ3n) is 3.70. The predicted molar refractivity (Wildman–Crippen MR) is 93.8 cm³/mol. The van der Waals surface area contributed by atoms with Crippen LogP contribution in [-0.4, -0.2) is 18.5 Å². The Morgan fingerprint density at radius 3 is 2.33 bits per heavy atom. The van der Waals surface area contributed by atoms with Crippen LogP contribution in [0.25, 0.3) is 0 Å². The van der Waals surface area contributed by atoms with Gasteiger partial charge in [-0.3, -0.25) is 0 Å². The van der Waals surface area contributed by atoms with Crippen molar-refractivity contribution in [3.05, 3.63) is 70.5 Å². The first-order valence-electron chi connectivity index (χ1n) is 7.62. The summed E-state index contributed by atoms with van der Waals surface area (Å²) in [4.78, 5) is 10.3. The second-order valence-electron chi connectivity index (χ2n) is 5.39. The van der Waals surface area contributed by atoms with Gasteiger partial charge in [0.05, 0.1) is 11.4 Å². The van der Waals surface area contributed by atoms with Gasteiger partial charge in [0.15, 0.2) is 0 Å². The van der Waals surface area contributed by atoms with Crippen molar-refractivity contribution in [1.82, 2.24) is 0 Å². The summed E-state index contributed by atoms with van der Waals surface area (Å²) in [6, 6.07) is 12.4. The van der Waals surface area contributed by atoms with E-state index in [1.807, 2.05) is 32.0 Å². The summed E-state index contributed by atoms with van der Waals surface area (Å²) in [5.74, 6) is -0.318. The molecule has 0 bridgehead atoms. The molecule has 0 saturated carbocycles. The highest BCUT2D eigenvalue weighted by Gasteiger charge is 2.10. The van der Waals surface area contributed by atoms with E-state index in [1.54, 1.807) is 25.1 Å². The smallest absolute Gasteiger partial charge is 0.143 e. The van der Waals surface area contributed by atoms with Crippen LogP contribution in [0.15, 0.2) is 52.8 Å². The molecule has 5 heteroatoms. The molecule has 0 aromatic heterocycles. The highest BCUT2D eigenvalue weighted by Crippen LogP contribution is 2.17. The molecular formula is C19H21FN2O2. The van der Waals surface area contributed by atoms with E-state index in [-0.39, 0.29) is 12.4 Å². The first-order chi connectivity index (χ1) is 11.5. The standard InChI is InChI=1S/C19H21FN2O2/c1-13-8-7-10-16(14(2)21-23-4)18(13)12-24-22-15(3)17-9-5-6-11-19(17)20/h5-11H,12H2,1-4H3/b21-14-,22-15+. The summed E-state index contributed by atoms with van der Waals surface area (Å²) in [6.07, 6.45) is 0. The Kier molecular flexibility index (Phi) is 6.07. The van der Waals surface area contributed by atoms with Crippen LogP contribution < -0.4 is 0 Å². The van der Waals surface area contributed by atoms with Crippen LogP contribution in [0.2, 0.25) is 0 Å². The molecule has 0 aliphatic carbocycles. The molecule has 2 aromatic rings. The Morgan fingerprint density at radius 1 is 0.958 bits per heavy atom. The van der Waals surface area contributed by atoms with Gasteiger partial charge in [0.2, 0.25) is 0 Å². The van der Waals surface area contributed by atoms with Crippen LogP contribution in [0.5, 0.6) is 0 Å². The SMILES string of the molecule is CO/N=C(/C)c1cccc(C)c1CO/N=C(\C)c1ccccc1F. The number of nitrogens with zero attached hydrogens (tertiary/aromatic N) is 2. The van der Waals surface area contributed by atoms with E-state index in [0.717, 1.165) is 22.4 Å². The zero-order valence-corrected chi connectivity index (χ0v) is 14.3. The minimum Gasteiger partial charge on any atom is -0.399 e. The minimum atomic E-state index is -0.318. The molecule has 4 nitrogen and oxygen atoms in total. The molecule has 2 aromatic carbocycles.